The molecule has 0 radical (unpaired) electrons. The van der Waals surface area contributed by atoms with Gasteiger partial charge in [0.25, 0.3) is 5.91 Å². The van der Waals surface area contributed by atoms with Crippen LogP contribution in [0, 0.1) is 0 Å². The number of methoxy groups -OCH3 is 1. The number of amides is 1. The van der Waals surface area contributed by atoms with E-state index in [2.05, 4.69) is 25.6 Å². The summed E-state index contributed by atoms with van der Waals surface area (Å²) in [7, 11) is 3.07. The Labute approximate surface area is 68.7 Å². The molecule has 0 aromatic carbocycles. The number of tetrazole rings is 1. The summed E-state index contributed by atoms with van der Waals surface area (Å²) in [6, 6.07) is 0. The number of aromatic nitrogens is 4. The molecule has 0 saturated carbocycles. The van der Waals surface area contributed by atoms with Crippen LogP contribution in [-0.4, -0.2) is 39.8 Å². The second-order valence-electron chi connectivity index (χ2n) is 2.11. The highest BCUT2D eigenvalue weighted by molar-refractivity contribution is 5.89. The molecule has 0 aliphatic rings. The number of carbonyl (C=O) groups excluding carboxylic acids is 1. The molecule has 1 aromatic rings. The van der Waals surface area contributed by atoms with Gasteiger partial charge in [-0.3, -0.25) is 10.1 Å². The van der Waals surface area contributed by atoms with Crippen molar-refractivity contribution in [3.05, 3.63) is 0 Å². The highest BCUT2D eigenvalue weighted by Gasteiger charge is 2.05. The van der Waals surface area contributed by atoms with Crippen molar-refractivity contribution in [3.63, 3.8) is 0 Å². The highest BCUT2D eigenvalue weighted by atomic mass is 16.5. The minimum absolute atomic E-state index is 0.00708. The molecule has 1 heterocycles. The van der Waals surface area contributed by atoms with Gasteiger partial charge in [-0.15, -0.1) is 0 Å². The van der Waals surface area contributed by atoms with Gasteiger partial charge >= 0.3 is 0 Å². The Kier molecular flexibility index (Phi) is 2.70. The van der Waals surface area contributed by atoms with Crippen LogP contribution in [0.2, 0.25) is 0 Å². The lowest BCUT2D eigenvalue weighted by atomic mass is 10.6. The SMILES string of the molecule is COCC(=O)Nc1nnnn1C. The molecule has 0 aliphatic carbocycles. The average Bonchev–Trinajstić information content (AvgIpc) is 2.37. The normalized spacial score (nSPS) is 9.83. The molecule has 0 aliphatic heterocycles. The first kappa shape index (κ1) is 8.60. The van der Waals surface area contributed by atoms with Crippen LogP contribution in [-0.2, 0) is 16.6 Å². The van der Waals surface area contributed by atoms with E-state index in [1.807, 2.05) is 0 Å². The predicted octanol–water partition coefficient (Wildman–Crippen LogP) is -1.21. The van der Waals surface area contributed by atoms with Gasteiger partial charge in [0.2, 0.25) is 5.95 Å². The van der Waals surface area contributed by atoms with Crippen LogP contribution in [0.4, 0.5) is 5.95 Å². The maximum atomic E-state index is 10.9. The minimum atomic E-state index is -0.282. The van der Waals surface area contributed by atoms with E-state index >= 15 is 0 Å². The fourth-order valence-electron chi connectivity index (χ4n) is 0.627. The predicted molar refractivity (Wildman–Crippen MR) is 39.3 cm³/mol. The first-order valence-corrected chi connectivity index (χ1v) is 3.25. The maximum absolute atomic E-state index is 10.9. The first-order valence-electron chi connectivity index (χ1n) is 3.25. The molecule has 66 valence electrons. The van der Waals surface area contributed by atoms with Crippen molar-refractivity contribution in [2.45, 2.75) is 0 Å². The molecule has 0 unspecified atom stereocenters. The Balaban J connectivity index is 2.52. The van der Waals surface area contributed by atoms with Crippen LogP contribution < -0.4 is 5.32 Å². The third-order valence-corrected chi connectivity index (χ3v) is 1.15. The monoisotopic (exact) mass is 171 g/mol. The van der Waals surface area contributed by atoms with Crippen molar-refractivity contribution in [1.29, 1.82) is 0 Å². The topological polar surface area (TPSA) is 81.9 Å². The van der Waals surface area contributed by atoms with Gasteiger partial charge in [0, 0.05) is 14.2 Å². The summed E-state index contributed by atoms with van der Waals surface area (Å²) in [5.74, 6) is 0.0208. The Morgan fingerprint density at radius 1 is 1.75 bits per heavy atom. The van der Waals surface area contributed by atoms with Gasteiger partial charge in [-0.1, -0.05) is 5.10 Å². The van der Waals surface area contributed by atoms with Gasteiger partial charge in [0.15, 0.2) is 0 Å². The number of rotatable bonds is 3. The second-order valence-corrected chi connectivity index (χ2v) is 2.11. The van der Waals surface area contributed by atoms with Gasteiger partial charge in [0.05, 0.1) is 0 Å². The molecule has 1 N–H and O–H groups in total. The summed E-state index contributed by atoms with van der Waals surface area (Å²) in [5, 5.41) is 12.9. The van der Waals surface area contributed by atoms with Gasteiger partial charge in [0.1, 0.15) is 6.61 Å². The smallest absolute Gasteiger partial charge is 0.252 e. The second kappa shape index (κ2) is 3.77. The molecule has 12 heavy (non-hydrogen) atoms. The van der Waals surface area contributed by atoms with Gasteiger partial charge in [-0.05, 0) is 10.4 Å². The first-order chi connectivity index (χ1) is 5.74. The van der Waals surface area contributed by atoms with E-state index in [9.17, 15) is 4.79 Å². The highest BCUT2D eigenvalue weighted by Crippen LogP contribution is 1.94. The molecule has 7 heteroatoms. The molecule has 1 amide bonds. The Hall–Kier alpha value is -1.50. The quantitative estimate of drug-likeness (QED) is 0.617. The number of ether oxygens (including phenoxy) is 1. The third-order valence-electron chi connectivity index (χ3n) is 1.15. The molecule has 0 fully saturated rings. The zero-order valence-electron chi connectivity index (χ0n) is 6.81. The van der Waals surface area contributed by atoms with Crippen LogP contribution in [0.25, 0.3) is 0 Å². The number of anilines is 1. The van der Waals surface area contributed by atoms with Crippen molar-refractivity contribution in [3.8, 4) is 0 Å². The minimum Gasteiger partial charge on any atom is -0.375 e. The van der Waals surface area contributed by atoms with Crippen molar-refractivity contribution in [1.82, 2.24) is 20.2 Å². The number of hydrogen-bond donors (Lipinski definition) is 1. The molecular formula is C5H9N5O2. The fraction of sp³-hybridized carbons (Fsp3) is 0.600. The molecule has 0 spiro atoms. The van der Waals surface area contributed by atoms with Crippen LogP contribution >= 0.6 is 0 Å². The van der Waals surface area contributed by atoms with Gasteiger partial charge < -0.3 is 4.74 Å². The average molecular weight is 171 g/mol. The molecular weight excluding hydrogens is 162 g/mol. The van der Waals surface area contributed by atoms with Crippen LogP contribution in [0.15, 0.2) is 0 Å². The maximum Gasteiger partial charge on any atom is 0.252 e. The summed E-state index contributed by atoms with van der Waals surface area (Å²) < 4.78 is 5.96. The van der Waals surface area contributed by atoms with E-state index < -0.39 is 0 Å². The number of nitrogens with zero attached hydrogens (tertiary/aromatic N) is 4. The van der Waals surface area contributed by atoms with Crippen LogP contribution in [0.3, 0.4) is 0 Å². The van der Waals surface area contributed by atoms with E-state index in [0.29, 0.717) is 5.95 Å². The molecule has 0 saturated heterocycles. The third kappa shape index (κ3) is 1.99. The zero-order chi connectivity index (χ0) is 8.97. The van der Waals surface area contributed by atoms with E-state index in [1.165, 1.54) is 11.8 Å². The van der Waals surface area contributed by atoms with Gasteiger partial charge in [-0.2, -0.15) is 0 Å². The number of aryl methyl sites for hydroxylation is 1. The largest absolute Gasteiger partial charge is 0.375 e. The Morgan fingerprint density at radius 3 is 3.00 bits per heavy atom. The standard InChI is InChI=1S/C5H9N5O2/c1-10-5(7-8-9-10)6-4(11)3-12-2/h3H2,1-2H3,(H,6,7,9,11). The summed E-state index contributed by atoms with van der Waals surface area (Å²) in [5.41, 5.74) is 0. The van der Waals surface area contributed by atoms with Crippen molar-refractivity contribution in [2.24, 2.45) is 7.05 Å². The summed E-state index contributed by atoms with van der Waals surface area (Å²) in [6.45, 7) is -0.00708. The molecule has 0 bridgehead atoms. The molecule has 0 atom stereocenters. The molecule has 1 aromatic heterocycles. The van der Waals surface area contributed by atoms with E-state index in [4.69, 9.17) is 0 Å². The summed E-state index contributed by atoms with van der Waals surface area (Å²) in [4.78, 5) is 10.9. The number of carbonyl (C=O) groups is 1. The van der Waals surface area contributed by atoms with Crippen LogP contribution in [0.5, 0.6) is 0 Å². The number of hydrogen-bond acceptors (Lipinski definition) is 5. The fourth-order valence-corrected chi connectivity index (χ4v) is 0.627. The summed E-state index contributed by atoms with van der Waals surface area (Å²) in [6.07, 6.45) is 0. The van der Waals surface area contributed by atoms with E-state index in [1.54, 1.807) is 7.05 Å². The summed E-state index contributed by atoms with van der Waals surface area (Å²) >= 11 is 0. The van der Waals surface area contributed by atoms with E-state index in [0.717, 1.165) is 0 Å². The Morgan fingerprint density at radius 2 is 2.50 bits per heavy atom. The molecule has 7 nitrogen and oxygen atoms in total. The van der Waals surface area contributed by atoms with Crippen molar-refractivity contribution < 1.29 is 9.53 Å². The van der Waals surface area contributed by atoms with Crippen molar-refractivity contribution in [2.75, 3.05) is 19.0 Å². The zero-order valence-corrected chi connectivity index (χ0v) is 6.81. The Bertz CT molecular complexity index is 271. The van der Waals surface area contributed by atoms with Crippen LogP contribution in [0.1, 0.15) is 0 Å². The van der Waals surface area contributed by atoms with Crippen molar-refractivity contribution >= 4 is 11.9 Å². The lowest BCUT2D eigenvalue weighted by Crippen LogP contribution is -2.19. The van der Waals surface area contributed by atoms with Gasteiger partial charge in [-0.25, -0.2) is 4.68 Å². The molecule has 1 rings (SSSR count). The van der Waals surface area contributed by atoms with E-state index in [-0.39, 0.29) is 12.5 Å². The number of nitrogens with one attached hydrogen (secondary N) is 1. The lowest BCUT2D eigenvalue weighted by Gasteiger charge is -2.00. The lowest BCUT2D eigenvalue weighted by molar-refractivity contribution is -0.119.